The summed E-state index contributed by atoms with van der Waals surface area (Å²) in [6.07, 6.45) is 0. The molecule has 0 atom stereocenters. The van der Waals surface area contributed by atoms with Gasteiger partial charge in [0, 0.05) is 38.0 Å². The number of hydrogen-bond acceptors (Lipinski definition) is 4. The number of thiophene rings is 1. The van der Waals surface area contributed by atoms with Gasteiger partial charge in [0.1, 0.15) is 11.5 Å². The fraction of sp³-hybridized carbons (Fsp3) is 0.200. The largest absolute Gasteiger partial charge is 0.456 e. The summed E-state index contributed by atoms with van der Waals surface area (Å²) in [6, 6.07) is 16.1. The fourth-order valence-electron chi connectivity index (χ4n) is 2.93. The second kappa shape index (κ2) is 7.18. The molecule has 1 N–H and O–H groups in total. The van der Waals surface area contributed by atoms with Gasteiger partial charge in [-0.25, -0.2) is 0 Å². The van der Waals surface area contributed by atoms with Crippen molar-refractivity contribution in [3.8, 4) is 33.1 Å². The molecule has 1 aliphatic rings. The van der Waals surface area contributed by atoms with E-state index in [2.05, 4.69) is 17.4 Å². The predicted octanol–water partition coefficient (Wildman–Crippen LogP) is 5.58. The summed E-state index contributed by atoms with van der Waals surface area (Å²) in [5, 5.41) is 3.80. The van der Waals surface area contributed by atoms with Crippen LogP contribution in [0.1, 0.15) is 4.88 Å². The summed E-state index contributed by atoms with van der Waals surface area (Å²) < 4.78 is 11.9. The van der Waals surface area contributed by atoms with Gasteiger partial charge in [-0.15, -0.1) is 11.3 Å². The third-order valence-corrected chi connectivity index (χ3v) is 5.48. The molecule has 0 amide bonds. The Kier molecular flexibility index (Phi) is 4.77. The number of benzene rings is 2. The van der Waals surface area contributed by atoms with Gasteiger partial charge in [-0.3, -0.25) is 0 Å². The van der Waals surface area contributed by atoms with E-state index in [-0.39, 0.29) is 0 Å². The molecule has 2 heterocycles. The Morgan fingerprint density at radius 2 is 1.88 bits per heavy atom. The minimum Gasteiger partial charge on any atom is -0.456 e. The SMILES string of the molecule is CNCCOCc1cc2c(s1)-c1cc(Cl)ccc1Oc1ccccc1-2. The molecule has 25 heavy (non-hydrogen) atoms. The zero-order valence-corrected chi connectivity index (χ0v) is 15.4. The highest BCUT2D eigenvalue weighted by atomic mass is 35.5. The van der Waals surface area contributed by atoms with Crippen LogP contribution >= 0.6 is 22.9 Å². The fourth-order valence-corrected chi connectivity index (χ4v) is 4.23. The van der Waals surface area contributed by atoms with Crippen LogP contribution in [0, 0.1) is 0 Å². The van der Waals surface area contributed by atoms with E-state index in [9.17, 15) is 0 Å². The number of fused-ring (bicyclic) bond motifs is 5. The second-order valence-electron chi connectivity index (χ2n) is 5.85. The van der Waals surface area contributed by atoms with Crippen molar-refractivity contribution < 1.29 is 9.47 Å². The van der Waals surface area contributed by atoms with Crippen LogP contribution in [-0.2, 0) is 11.3 Å². The third-order valence-electron chi connectivity index (χ3n) is 4.11. The predicted molar refractivity (Wildman–Crippen MR) is 104 cm³/mol. The summed E-state index contributed by atoms with van der Waals surface area (Å²) >= 11 is 7.99. The normalized spacial score (nSPS) is 11.9. The molecule has 4 rings (SSSR count). The van der Waals surface area contributed by atoms with E-state index in [0.29, 0.717) is 18.2 Å². The van der Waals surface area contributed by atoms with Crippen molar-refractivity contribution in [2.75, 3.05) is 20.2 Å². The first-order valence-electron chi connectivity index (χ1n) is 8.18. The van der Waals surface area contributed by atoms with Crippen LogP contribution in [0.4, 0.5) is 0 Å². The van der Waals surface area contributed by atoms with Crippen LogP contribution in [0.3, 0.4) is 0 Å². The average molecular weight is 372 g/mol. The van der Waals surface area contributed by atoms with Gasteiger partial charge in [0.2, 0.25) is 0 Å². The van der Waals surface area contributed by atoms with Crippen molar-refractivity contribution in [3.63, 3.8) is 0 Å². The van der Waals surface area contributed by atoms with E-state index in [4.69, 9.17) is 21.1 Å². The molecule has 0 saturated carbocycles. The van der Waals surface area contributed by atoms with E-state index >= 15 is 0 Å². The Morgan fingerprint density at radius 1 is 1.04 bits per heavy atom. The smallest absolute Gasteiger partial charge is 0.136 e. The maximum Gasteiger partial charge on any atom is 0.136 e. The van der Waals surface area contributed by atoms with Crippen LogP contribution in [0.25, 0.3) is 21.6 Å². The molecule has 0 fully saturated rings. The number of likely N-dealkylation sites (N-methyl/N-ethyl adjacent to an activating group) is 1. The first-order valence-corrected chi connectivity index (χ1v) is 9.38. The molecule has 0 bridgehead atoms. The number of hydrogen-bond donors (Lipinski definition) is 1. The number of halogens is 1. The lowest BCUT2D eigenvalue weighted by Crippen LogP contribution is -2.13. The maximum absolute atomic E-state index is 6.25. The van der Waals surface area contributed by atoms with E-state index in [0.717, 1.165) is 29.2 Å². The van der Waals surface area contributed by atoms with Crippen molar-refractivity contribution in [3.05, 3.63) is 58.4 Å². The summed E-state index contributed by atoms with van der Waals surface area (Å²) in [6.45, 7) is 2.15. The van der Waals surface area contributed by atoms with Gasteiger partial charge in [-0.2, -0.15) is 0 Å². The van der Waals surface area contributed by atoms with Crippen molar-refractivity contribution in [1.82, 2.24) is 5.32 Å². The van der Waals surface area contributed by atoms with Crippen LogP contribution in [0.2, 0.25) is 5.02 Å². The Morgan fingerprint density at radius 3 is 2.76 bits per heavy atom. The van der Waals surface area contributed by atoms with E-state index in [1.807, 2.05) is 43.4 Å². The zero-order valence-electron chi connectivity index (χ0n) is 13.8. The molecule has 0 spiro atoms. The van der Waals surface area contributed by atoms with E-state index in [1.165, 1.54) is 15.3 Å². The lowest BCUT2D eigenvalue weighted by molar-refractivity contribution is 0.126. The summed E-state index contributed by atoms with van der Waals surface area (Å²) in [7, 11) is 1.92. The Hall–Kier alpha value is -1.85. The molecule has 128 valence electrons. The molecule has 0 unspecified atom stereocenters. The minimum absolute atomic E-state index is 0.609. The first kappa shape index (κ1) is 16.6. The molecular formula is C20H18ClNO2S. The topological polar surface area (TPSA) is 30.5 Å². The Balaban J connectivity index is 1.79. The van der Waals surface area contributed by atoms with Crippen LogP contribution in [0.5, 0.6) is 11.5 Å². The average Bonchev–Trinajstić information content (AvgIpc) is 2.99. The van der Waals surface area contributed by atoms with Crippen molar-refractivity contribution in [2.45, 2.75) is 6.61 Å². The number of ether oxygens (including phenoxy) is 2. The molecule has 0 saturated heterocycles. The molecule has 5 heteroatoms. The molecule has 1 aromatic heterocycles. The highest BCUT2D eigenvalue weighted by Crippen LogP contribution is 2.50. The lowest BCUT2D eigenvalue weighted by Gasteiger charge is -2.09. The number of nitrogens with one attached hydrogen (secondary N) is 1. The van der Waals surface area contributed by atoms with Gasteiger partial charge in [0.15, 0.2) is 0 Å². The highest BCUT2D eigenvalue weighted by Gasteiger charge is 2.23. The molecule has 0 radical (unpaired) electrons. The number of rotatable bonds is 5. The number of para-hydroxylation sites is 1. The van der Waals surface area contributed by atoms with Gasteiger partial charge in [0.25, 0.3) is 0 Å². The molecule has 2 aromatic carbocycles. The highest BCUT2D eigenvalue weighted by molar-refractivity contribution is 7.16. The van der Waals surface area contributed by atoms with Gasteiger partial charge < -0.3 is 14.8 Å². The zero-order chi connectivity index (χ0) is 17.2. The van der Waals surface area contributed by atoms with Crippen molar-refractivity contribution in [2.24, 2.45) is 0 Å². The molecule has 1 aliphatic heterocycles. The van der Waals surface area contributed by atoms with Crippen LogP contribution < -0.4 is 10.1 Å². The van der Waals surface area contributed by atoms with Gasteiger partial charge >= 0.3 is 0 Å². The first-order chi connectivity index (χ1) is 12.3. The lowest BCUT2D eigenvalue weighted by atomic mass is 10.0. The van der Waals surface area contributed by atoms with Gasteiger partial charge in [-0.05, 0) is 37.4 Å². The van der Waals surface area contributed by atoms with E-state index < -0.39 is 0 Å². The second-order valence-corrected chi connectivity index (χ2v) is 7.42. The van der Waals surface area contributed by atoms with E-state index in [1.54, 1.807) is 11.3 Å². The van der Waals surface area contributed by atoms with Gasteiger partial charge in [0.05, 0.1) is 13.2 Å². The summed E-state index contributed by atoms with van der Waals surface area (Å²) in [4.78, 5) is 2.37. The maximum atomic E-state index is 6.25. The minimum atomic E-state index is 0.609. The third kappa shape index (κ3) is 3.31. The summed E-state index contributed by atoms with van der Waals surface area (Å²) in [5.74, 6) is 1.70. The molecule has 0 aliphatic carbocycles. The monoisotopic (exact) mass is 371 g/mol. The molecular weight excluding hydrogens is 354 g/mol. The summed E-state index contributed by atoms with van der Waals surface area (Å²) in [5.41, 5.74) is 3.31. The standard InChI is InChI=1S/C20H18ClNO2S/c1-22-8-9-23-12-14-11-16-15-4-2-3-5-18(15)24-19-7-6-13(21)10-17(19)20(16)25-14/h2-7,10-11,22H,8-9,12H2,1H3. The van der Waals surface area contributed by atoms with Crippen molar-refractivity contribution >= 4 is 22.9 Å². The molecule has 3 nitrogen and oxygen atoms in total. The van der Waals surface area contributed by atoms with Gasteiger partial charge in [-0.1, -0.05) is 29.8 Å². The van der Waals surface area contributed by atoms with Crippen LogP contribution in [0.15, 0.2) is 48.5 Å². The van der Waals surface area contributed by atoms with Crippen molar-refractivity contribution in [1.29, 1.82) is 0 Å². The quantitative estimate of drug-likeness (QED) is 0.465. The Bertz CT molecular complexity index is 906. The molecule has 3 aromatic rings. The van der Waals surface area contributed by atoms with Crippen LogP contribution in [-0.4, -0.2) is 20.2 Å². The Labute approximate surface area is 156 Å².